The summed E-state index contributed by atoms with van der Waals surface area (Å²) in [4.78, 5) is 16.1. The second-order valence-electron chi connectivity index (χ2n) is 9.12. The van der Waals surface area contributed by atoms with Gasteiger partial charge in [-0.2, -0.15) is 17.5 Å². The normalized spacial score (nSPS) is 18.1. The van der Waals surface area contributed by atoms with Gasteiger partial charge in [0.1, 0.15) is 5.75 Å². The molecule has 1 saturated carbocycles. The van der Waals surface area contributed by atoms with Crippen LogP contribution in [0.4, 0.5) is 13.2 Å². The Hall–Kier alpha value is -2.89. The summed E-state index contributed by atoms with van der Waals surface area (Å²) < 4.78 is 73.0. The van der Waals surface area contributed by atoms with Gasteiger partial charge in [0.2, 0.25) is 15.9 Å². The standard InChI is InChI=1S/C26H25F3N2O4S2/c1-35-20-9-5-17(6-10-20)25-22-12-14-36-23(22)11-13-30(25)24(32)16-31(19-7-8-19)37(33,34)21-4-2-3-18(15-21)26(27,28)29/h2-6,9-10,12,14-15,19,25H,7-8,11,13,16H2,1H3. The second-order valence-corrected chi connectivity index (χ2v) is 12.0. The van der Waals surface area contributed by atoms with E-state index in [0.717, 1.165) is 33.6 Å². The number of hydrogen-bond donors (Lipinski definition) is 0. The van der Waals surface area contributed by atoms with Crippen LogP contribution in [0, 0.1) is 0 Å². The summed E-state index contributed by atoms with van der Waals surface area (Å²) in [6, 6.07) is 12.2. The number of carbonyl (C=O) groups excluding carboxylic acids is 1. The van der Waals surface area contributed by atoms with Gasteiger partial charge in [0.15, 0.2) is 0 Å². The molecule has 2 heterocycles. The van der Waals surface area contributed by atoms with E-state index in [1.165, 1.54) is 4.88 Å². The van der Waals surface area contributed by atoms with Crippen LogP contribution >= 0.6 is 11.3 Å². The molecule has 1 atom stereocenters. The predicted molar refractivity (Wildman–Crippen MR) is 133 cm³/mol. The number of fused-ring (bicyclic) bond motifs is 1. The summed E-state index contributed by atoms with van der Waals surface area (Å²) >= 11 is 1.62. The van der Waals surface area contributed by atoms with Gasteiger partial charge in [-0.25, -0.2) is 8.42 Å². The van der Waals surface area contributed by atoms with Crippen LogP contribution in [0.5, 0.6) is 5.75 Å². The third kappa shape index (κ3) is 5.12. The predicted octanol–water partition coefficient (Wildman–Crippen LogP) is 5.10. The zero-order chi connectivity index (χ0) is 26.4. The van der Waals surface area contributed by atoms with E-state index in [2.05, 4.69) is 0 Å². The number of rotatable bonds is 7. The maximum absolute atomic E-state index is 13.7. The lowest BCUT2D eigenvalue weighted by molar-refractivity contribution is -0.137. The van der Waals surface area contributed by atoms with Crippen LogP contribution in [0.2, 0.25) is 0 Å². The van der Waals surface area contributed by atoms with Crippen LogP contribution in [0.3, 0.4) is 0 Å². The quantitative estimate of drug-likeness (QED) is 0.411. The molecule has 0 bridgehead atoms. The molecule has 3 aromatic rings. The minimum Gasteiger partial charge on any atom is -0.497 e. The Kier molecular flexibility index (Phi) is 6.80. The molecule has 6 nitrogen and oxygen atoms in total. The van der Waals surface area contributed by atoms with Crippen molar-refractivity contribution in [2.24, 2.45) is 0 Å². The molecule has 2 aliphatic rings. The van der Waals surface area contributed by atoms with Gasteiger partial charge in [0.25, 0.3) is 0 Å². The lowest BCUT2D eigenvalue weighted by Crippen LogP contribution is -2.47. The Labute approximate surface area is 217 Å². The van der Waals surface area contributed by atoms with E-state index in [1.807, 2.05) is 35.7 Å². The summed E-state index contributed by atoms with van der Waals surface area (Å²) in [7, 11) is -2.75. The van der Waals surface area contributed by atoms with Gasteiger partial charge in [-0.1, -0.05) is 18.2 Å². The second kappa shape index (κ2) is 9.77. The van der Waals surface area contributed by atoms with Crippen molar-refractivity contribution in [3.63, 3.8) is 0 Å². The van der Waals surface area contributed by atoms with Crippen molar-refractivity contribution < 1.29 is 31.1 Å². The molecule has 1 amide bonds. The number of hydrogen-bond acceptors (Lipinski definition) is 5. The van der Waals surface area contributed by atoms with Gasteiger partial charge >= 0.3 is 6.18 Å². The van der Waals surface area contributed by atoms with Crippen molar-refractivity contribution in [1.82, 2.24) is 9.21 Å². The van der Waals surface area contributed by atoms with E-state index in [9.17, 15) is 26.4 Å². The highest BCUT2D eigenvalue weighted by Gasteiger charge is 2.42. The third-order valence-corrected chi connectivity index (χ3v) is 9.62. The van der Waals surface area contributed by atoms with Crippen molar-refractivity contribution in [3.05, 3.63) is 81.5 Å². The molecule has 5 rings (SSSR count). The summed E-state index contributed by atoms with van der Waals surface area (Å²) in [6.45, 7) is -0.0273. The number of halogens is 3. The molecule has 1 fully saturated rings. The molecule has 1 aliphatic carbocycles. The zero-order valence-electron chi connectivity index (χ0n) is 19.9. The Morgan fingerprint density at radius 2 is 1.86 bits per heavy atom. The van der Waals surface area contributed by atoms with Crippen LogP contribution < -0.4 is 4.74 Å². The van der Waals surface area contributed by atoms with Crippen LogP contribution in [0.15, 0.2) is 64.9 Å². The monoisotopic (exact) mass is 550 g/mol. The van der Waals surface area contributed by atoms with E-state index < -0.39 is 45.3 Å². The number of nitrogens with zero attached hydrogens (tertiary/aromatic N) is 2. The fraction of sp³-hybridized carbons (Fsp3) is 0.346. The molecule has 0 radical (unpaired) electrons. The Morgan fingerprint density at radius 3 is 2.51 bits per heavy atom. The van der Waals surface area contributed by atoms with E-state index in [1.54, 1.807) is 23.3 Å². The third-order valence-electron chi connectivity index (χ3n) is 6.73. The molecule has 1 unspecified atom stereocenters. The first kappa shape index (κ1) is 25.7. The smallest absolute Gasteiger partial charge is 0.416 e. The van der Waals surface area contributed by atoms with Crippen molar-refractivity contribution >= 4 is 27.3 Å². The number of benzene rings is 2. The van der Waals surface area contributed by atoms with Crippen molar-refractivity contribution in [1.29, 1.82) is 0 Å². The Morgan fingerprint density at radius 1 is 1.14 bits per heavy atom. The Bertz CT molecular complexity index is 1400. The van der Waals surface area contributed by atoms with Crippen molar-refractivity contribution in [2.45, 2.75) is 42.4 Å². The lowest BCUT2D eigenvalue weighted by Gasteiger charge is -2.37. The molecule has 196 valence electrons. The summed E-state index contributed by atoms with van der Waals surface area (Å²) in [5.74, 6) is 0.287. The molecule has 0 saturated heterocycles. The number of sulfonamides is 1. The zero-order valence-corrected chi connectivity index (χ0v) is 21.6. The first-order valence-corrected chi connectivity index (χ1v) is 14.1. The highest BCUT2D eigenvalue weighted by atomic mass is 32.2. The van der Waals surface area contributed by atoms with Gasteiger partial charge in [-0.05, 0) is 72.2 Å². The van der Waals surface area contributed by atoms with E-state index in [-0.39, 0.29) is 5.91 Å². The molecular weight excluding hydrogens is 525 g/mol. The minimum absolute atomic E-state index is 0.389. The van der Waals surface area contributed by atoms with Crippen LogP contribution in [-0.4, -0.2) is 49.8 Å². The number of carbonyl (C=O) groups is 1. The fourth-order valence-corrected chi connectivity index (χ4v) is 7.28. The Balaban J connectivity index is 1.45. The van der Waals surface area contributed by atoms with Gasteiger partial charge in [-0.15, -0.1) is 11.3 Å². The van der Waals surface area contributed by atoms with E-state index >= 15 is 0 Å². The summed E-state index contributed by atoms with van der Waals surface area (Å²) in [6.07, 6.45) is -2.91. The van der Waals surface area contributed by atoms with E-state index in [4.69, 9.17) is 4.74 Å². The molecule has 11 heteroatoms. The van der Waals surface area contributed by atoms with Gasteiger partial charge in [0, 0.05) is 17.5 Å². The average molecular weight is 551 g/mol. The van der Waals surface area contributed by atoms with Gasteiger partial charge in [0.05, 0.1) is 30.2 Å². The maximum atomic E-state index is 13.7. The van der Waals surface area contributed by atoms with Crippen molar-refractivity contribution in [2.75, 3.05) is 20.2 Å². The largest absolute Gasteiger partial charge is 0.497 e. The molecule has 1 aromatic heterocycles. The average Bonchev–Trinajstić information content (AvgIpc) is 3.61. The molecule has 1 aliphatic heterocycles. The minimum atomic E-state index is -4.68. The SMILES string of the molecule is COc1ccc(C2c3ccsc3CCN2C(=O)CN(C2CC2)S(=O)(=O)c2cccc(C(F)(F)F)c2)cc1. The highest BCUT2D eigenvalue weighted by molar-refractivity contribution is 7.89. The summed E-state index contributed by atoms with van der Waals surface area (Å²) in [5.41, 5.74) is 0.817. The van der Waals surface area contributed by atoms with Crippen LogP contribution in [0.1, 0.15) is 40.5 Å². The van der Waals surface area contributed by atoms with E-state index in [0.29, 0.717) is 37.6 Å². The number of methoxy groups -OCH3 is 1. The lowest BCUT2D eigenvalue weighted by atomic mass is 9.93. The highest BCUT2D eigenvalue weighted by Crippen LogP contribution is 2.40. The molecule has 0 N–H and O–H groups in total. The summed E-state index contributed by atoms with van der Waals surface area (Å²) in [5, 5.41) is 1.98. The van der Waals surface area contributed by atoms with Crippen LogP contribution in [0.25, 0.3) is 0 Å². The fourth-order valence-electron chi connectivity index (χ4n) is 4.70. The van der Waals surface area contributed by atoms with Crippen molar-refractivity contribution in [3.8, 4) is 5.75 Å². The number of ether oxygens (including phenoxy) is 1. The first-order valence-electron chi connectivity index (χ1n) is 11.8. The molecule has 2 aromatic carbocycles. The van der Waals surface area contributed by atoms with Gasteiger partial charge < -0.3 is 9.64 Å². The topological polar surface area (TPSA) is 66.9 Å². The molecule has 37 heavy (non-hydrogen) atoms. The number of amides is 1. The first-order chi connectivity index (χ1) is 17.6. The van der Waals surface area contributed by atoms with Crippen LogP contribution in [-0.2, 0) is 27.4 Å². The molecule has 0 spiro atoms. The van der Waals surface area contributed by atoms with Gasteiger partial charge in [-0.3, -0.25) is 4.79 Å². The maximum Gasteiger partial charge on any atom is 0.416 e. The number of alkyl halides is 3. The molecular formula is C26H25F3N2O4S2. The number of thiophene rings is 1.